The number of fused-ring (bicyclic) bond motifs is 1. The molecular weight excluding hydrogens is 342 g/mol. The Labute approximate surface area is 149 Å². The molecule has 3 heterocycles. The number of carbonyl (C=O) groups excluding carboxylic acids is 1. The molecule has 0 unspecified atom stereocenters. The highest BCUT2D eigenvalue weighted by atomic mass is 35.5. The first-order valence-corrected chi connectivity index (χ1v) is 8.35. The summed E-state index contributed by atoms with van der Waals surface area (Å²) in [6, 6.07) is 11.1. The number of rotatable bonds is 2. The number of hydrogen-bond donors (Lipinski definition) is 1. The van der Waals surface area contributed by atoms with E-state index in [9.17, 15) is 4.79 Å². The average molecular weight is 358 g/mol. The Hall–Kier alpha value is -2.80. The number of pyridine rings is 1. The molecule has 1 saturated heterocycles. The summed E-state index contributed by atoms with van der Waals surface area (Å²) in [4.78, 5) is 24.7. The molecule has 0 saturated carbocycles. The standard InChI is InChI=1S/C17H16ClN5O2/c18-12-3-5-13(6-4-12)20-16(24)22-8-10-23(11-9-22)17-21-15-14(25-17)2-1-7-19-15/h1-7H,8-11H2,(H,20,24). The molecule has 4 rings (SSSR count). The lowest BCUT2D eigenvalue weighted by Crippen LogP contribution is -2.50. The third-order valence-electron chi connectivity index (χ3n) is 4.09. The van der Waals surface area contributed by atoms with Gasteiger partial charge in [-0.2, -0.15) is 4.98 Å². The van der Waals surface area contributed by atoms with Crippen LogP contribution in [0.2, 0.25) is 5.02 Å². The van der Waals surface area contributed by atoms with Gasteiger partial charge < -0.3 is 19.5 Å². The number of nitrogens with zero attached hydrogens (tertiary/aromatic N) is 4. The molecule has 0 spiro atoms. The molecule has 3 aromatic rings. The van der Waals surface area contributed by atoms with E-state index in [2.05, 4.69) is 15.3 Å². The third-order valence-corrected chi connectivity index (χ3v) is 4.34. The van der Waals surface area contributed by atoms with Crippen LogP contribution in [0.3, 0.4) is 0 Å². The fourth-order valence-corrected chi connectivity index (χ4v) is 2.86. The van der Waals surface area contributed by atoms with Gasteiger partial charge in [-0.15, -0.1) is 0 Å². The molecule has 128 valence electrons. The summed E-state index contributed by atoms with van der Waals surface area (Å²) in [5.74, 6) is 0. The van der Waals surface area contributed by atoms with Crippen LogP contribution in [0.25, 0.3) is 11.2 Å². The van der Waals surface area contributed by atoms with Gasteiger partial charge in [0.25, 0.3) is 6.01 Å². The Balaban J connectivity index is 1.37. The second-order valence-electron chi connectivity index (χ2n) is 5.73. The fraction of sp³-hybridized carbons (Fsp3) is 0.235. The molecule has 1 N–H and O–H groups in total. The Morgan fingerprint density at radius 2 is 1.88 bits per heavy atom. The fourth-order valence-electron chi connectivity index (χ4n) is 2.73. The van der Waals surface area contributed by atoms with Crippen molar-refractivity contribution in [2.75, 3.05) is 36.4 Å². The van der Waals surface area contributed by atoms with E-state index in [1.54, 1.807) is 35.4 Å². The van der Waals surface area contributed by atoms with E-state index in [4.69, 9.17) is 16.0 Å². The Kier molecular flexibility index (Phi) is 4.15. The van der Waals surface area contributed by atoms with Gasteiger partial charge in [0.1, 0.15) is 0 Å². The van der Waals surface area contributed by atoms with Crippen molar-refractivity contribution in [2.24, 2.45) is 0 Å². The van der Waals surface area contributed by atoms with Gasteiger partial charge in [-0.1, -0.05) is 11.6 Å². The van der Waals surface area contributed by atoms with Crippen LogP contribution in [0, 0.1) is 0 Å². The SMILES string of the molecule is O=C(Nc1ccc(Cl)cc1)N1CCN(c2nc3ncccc3o2)CC1. The predicted molar refractivity (Wildman–Crippen MR) is 96.1 cm³/mol. The third kappa shape index (κ3) is 3.36. The molecule has 0 atom stereocenters. The van der Waals surface area contributed by atoms with E-state index in [-0.39, 0.29) is 6.03 Å². The summed E-state index contributed by atoms with van der Waals surface area (Å²) in [5, 5.41) is 3.51. The Bertz CT molecular complexity index is 854. The number of hydrogen-bond acceptors (Lipinski definition) is 5. The number of urea groups is 1. The van der Waals surface area contributed by atoms with Crippen LogP contribution in [0.4, 0.5) is 16.5 Å². The molecule has 2 amide bonds. The maximum Gasteiger partial charge on any atom is 0.321 e. The van der Waals surface area contributed by atoms with Gasteiger partial charge in [0.05, 0.1) is 0 Å². The zero-order chi connectivity index (χ0) is 17.2. The summed E-state index contributed by atoms with van der Waals surface area (Å²) in [7, 11) is 0. The van der Waals surface area contributed by atoms with Crippen LogP contribution in [0.5, 0.6) is 0 Å². The van der Waals surface area contributed by atoms with Gasteiger partial charge in [0.15, 0.2) is 5.58 Å². The zero-order valence-corrected chi connectivity index (χ0v) is 14.1. The van der Waals surface area contributed by atoms with Crippen molar-refractivity contribution in [3.8, 4) is 0 Å². The normalized spacial score (nSPS) is 14.8. The molecule has 2 aromatic heterocycles. The molecule has 0 bridgehead atoms. The molecule has 1 aromatic carbocycles. The van der Waals surface area contributed by atoms with Crippen molar-refractivity contribution < 1.29 is 9.21 Å². The first-order valence-electron chi connectivity index (χ1n) is 7.97. The lowest BCUT2D eigenvalue weighted by atomic mass is 10.3. The van der Waals surface area contributed by atoms with Crippen LogP contribution >= 0.6 is 11.6 Å². The molecule has 0 aliphatic carbocycles. The van der Waals surface area contributed by atoms with Gasteiger partial charge in [0, 0.05) is 43.1 Å². The average Bonchev–Trinajstić information content (AvgIpc) is 3.08. The van der Waals surface area contributed by atoms with Gasteiger partial charge >= 0.3 is 6.03 Å². The van der Waals surface area contributed by atoms with Crippen molar-refractivity contribution >= 4 is 40.6 Å². The second kappa shape index (κ2) is 6.60. The summed E-state index contributed by atoms with van der Waals surface area (Å²) in [5.41, 5.74) is 1.99. The largest absolute Gasteiger partial charge is 0.422 e. The molecule has 1 fully saturated rings. The van der Waals surface area contributed by atoms with Crippen molar-refractivity contribution in [2.45, 2.75) is 0 Å². The zero-order valence-electron chi connectivity index (χ0n) is 13.4. The van der Waals surface area contributed by atoms with Gasteiger partial charge in [-0.05, 0) is 36.4 Å². The number of carbonyl (C=O) groups is 1. The highest BCUT2D eigenvalue weighted by Gasteiger charge is 2.24. The molecule has 0 radical (unpaired) electrons. The summed E-state index contributed by atoms with van der Waals surface area (Å²) < 4.78 is 5.73. The lowest BCUT2D eigenvalue weighted by molar-refractivity contribution is 0.207. The lowest BCUT2D eigenvalue weighted by Gasteiger charge is -2.33. The van der Waals surface area contributed by atoms with Crippen molar-refractivity contribution in [3.05, 3.63) is 47.6 Å². The quantitative estimate of drug-likeness (QED) is 0.762. The van der Waals surface area contributed by atoms with E-state index in [1.807, 2.05) is 17.0 Å². The molecule has 1 aliphatic heterocycles. The van der Waals surface area contributed by atoms with Crippen LogP contribution in [0.15, 0.2) is 47.0 Å². The maximum absolute atomic E-state index is 12.4. The number of piperazine rings is 1. The number of anilines is 2. The number of oxazole rings is 1. The second-order valence-corrected chi connectivity index (χ2v) is 6.17. The number of benzene rings is 1. The first kappa shape index (κ1) is 15.7. The van der Waals surface area contributed by atoms with Gasteiger partial charge in [0.2, 0.25) is 5.65 Å². The van der Waals surface area contributed by atoms with Crippen LogP contribution in [-0.4, -0.2) is 47.1 Å². The number of aromatic nitrogens is 2. The summed E-state index contributed by atoms with van der Waals surface area (Å²) in [6.07, 6.45) is 1.69. The van der Waals surface area contributed by atoms with Crippen LogP contribution < -0.4 is 10.2 Å². The molecule has 25 heavy (non-hydrogen) atoms. The van der Waals surface area contributed by atoms with E-state index in [1.165, 1.54) is 0 Å². The number of nitrogens with one attached hydrogen (secondary N) is 1. The predicted octanol–water partition coefficient (Wildman–Crippen LogP) is 3.23. The monoisotopic (exact) mass is 357 g/mol. The van der Waals surface area contributed by atoms with E-state index in [0.717, 1.165) is 5.69 Å². The van der Waals surface area contributed by atoms with Crippen LogP contribution in [0.1, 0.15) is 0 Å². The highest BCUT2D eigenvalue weighted by molar-refractivity contribution is 6.30. The van der Waals surface area contributed by atoms with Gasteiger partial charge in [-0.3, -0.25) is 0 Å². The maximum atomic E-state index is 12.4. The Morgan fingerprint density at radius 1 is 1.12 bits per heavy atom. The summed E-state index contributed by atoms with van der Waals surface area (Å²) in [6.45, 7) is 2.48. The van der Waals surface area contributed by atoms with Crippen molar-refractivity contribution in [3.63, 3.8) is 0 Å². The van der Waals surface area contributed by atoms with E-state index < -0.39 is 0 Å². The first-order chi connectivity index (χ1) is 12.2. The number of amides is 2. The molecular formula is C17H16ClN5O2. The minimum absolute atomic E-state index is 0.124. The van der Waals surface area contributed by atoms with E-state index >= 15 is 0 Å². The van der Waals surface area contributed by atoms with Gasteiger partial charge in [-0.25, -0.2) is 9.78 Å². The summed E-state index contributed by atoms with van der Waals surface area (Å²) >= 11 is 5.85. The smallest absolute Gasteiger partial charge is 0.321 e. The van der Waals surface area contributed by atoms with E-state index in [0.29, 0.717) is 48.4 Å². The molecule has 8 heteroatoms. The minimum Gasteiger partial charge on any atom is -0.422 e. The van der Waals surface area contributed by atoms with Crippen molar-refractivity contribution in [1.82, 2.24) is 14.9 Å². The minimum atomic E-state index is -0.124. The van der Waals surface area contributed by atoms with Crippen molar-refractivity contribution in [1.29, 1.82) is 0 Å². The highest BCUT2D eigenvalue weighted by Crippen LogP contribution is 2.21. The molecule has 7 nitrogen and oxygen atoms in total. The van der Waals surface area contributed by atoms with Crippen LogP contribution in [-0.2, 0) is 0 Å². The number of halogens is 1. The topological polar surface area (TPSA) is 74.5 Å². The molecule has 1 aliphatic rings. The Morgan fingerprint density at radius 3 is 2.60 bits per heavy atom.